The van der Waals surface area contributed by atoms with Crippen molar-refractivity contribution in [3.05, 3.63) is 71.3 Å². The van der Waals surface area contributed by atoms with Gasteiger partial charge in [0.05, 0.1) is 18.0 Å². The van der Waals surface area contributed by atoms with Gasteiger partial charge in [0.15, 0.2) is 0 Å². The van der Waals surface area contributed by atoms with Crippen LogP contribution in [0.25, 0.3) is 0 Å². The molecule has 8 heteroatoms. The van der Waals surface area contributed by atoms with Crippen LogP contribution in [-0.2, 0) is 4.79 Å². The second-order valence-corrected chi connectivity index (χ2v) is 8.33. The van der Waals surface area contributed by atoms with E-state index in [1.54, 1.807) is 36.4 Å². The number of hydrogen-bond acceptors (Lipinski definition) is 4. The monoisotopic (exact) mass is 448 g/mol. The number of aliphatic carboxylic acids is 1. The van der Waals surface area contributed by atoms with Crippen molar-refractivity contribution in [1.29, 1.82) is 5.26 Å². The minimum Gasteiger partial charge on any atom is -0.549 e. The zero-order valence-corrected chi connectivity index (χ0v) is 17.4. The van der Waals surface area contributed by atoms with E-state index < -0.39 is 39.8 Å². The van der Waals surface area contributed by atoms with E-state index in [1.165, 1.54) is 26.0 Å². The summed E-state index contributed by atoms with van der Waals surface area (Å²) in [7, 11) is 0. The van der Waals surface area contributed by atoms with E-state index >= 15 is 0 Å². The molecule has 2 aromatic rings. The van der Waals surface area contributed by atoms with Gasteiger partial charge < -0.3 is 14.6 Å². The van der Waals surface area contributed by atoms with Crippen LogP contribution in [0.3, 0.4) is 0 Å². The number of carboxylic acids is 1. The minimum absolute atomic E-state index is 0.298. The van der Waals surface area contributed by atoms with Gasteiger partial charge in [0.2, 0.25) is 0 Å². The molecule has 31 heavy (non-hydrogen) atoms. The van der Waals surface area contributed by atoms with Gasteiger partial charge >= 0.3 is 6.18 Å². The highest BCUT2D eigenvalue weighted by atomic mass is 35.5. The zero-order chi connectivity index (χ0) is 23.0. The quantitative estimate of drug-likeness (QED) is 0.611. The first-order valence-corrected chi connectivity index (χ1v) is 9.72. The second-order valence-electron chi connectivity index (χ2n) is 7.92. The van der Waals surface area contributed by atoms with Gasteiger partial charge in [-0.2, -0.15) is 18.4 Å². The number of benzene rings is 2. The summed E-state index contributed by atoms with van der Waals surface area (Å²) in [4.78, 5) is 12.2. The van der Waals surface area contributed by atoms with Crippen molar-refractivity contribution in [2.75, 3.05) is 0 Å². The third-order valence-electron chi connectivity index (χ3n) is 5.93. The van der Waals surface area contributed by atoms with Gasteiger partial charge in [-0.25, -0.2) is 0 Å². The third kappa shape index (κ3) is 3.88. The number of nitrogens with zero attached hydrogens (tertiary/aromatic N) is 1. The summed E-state index contributed by atoms with van der Waals surface area (Å²) in [5, 5.41) is 20.7. The van der Waals surface area contributed by atoms with Crippen LogP contribution >= 0.6 is 11.6 Å². The number of halogens is 4. The number of alkyl halides is 3. The molecule has 0 amide bonds. The molecule has 2 aromatic carbocycles. The molecule has 3 rings (SSSR count). The fraction of sp³-hybridized carbons (Fsp3) is 0.304. The van der Waals surface area contributed by atoms with Crippen LogP contribution in [0.5, 0.6) is 11.5 Å². The number of hydrogen-bond donors (Lipinski definition) is 0. The molecule has 0 radical (unpaired) electrons. The molecule has 1 saturated carbocycles. The molecule has 162 valence electrons. The van der Waals surface area contributed by atoms with Crippen LogP contribution in [-0.4, -0.2) is 12.1 Å². The van der Waals surface area contributed by atoms with Crippen molar-refractivity contribution in [3.8, 4) is 17.6 Å². The molecule has 0 aliphatic heterocycles. The Morgan fingerprint density at radius 2 is 1.81 bits per heavy atom. The number of para-hydroxylation sites is 1. The van der Waals surface area contributed by atoms with Gasteiger partial charge in [-0.1, -0.05) is 61.9 Å². The summed E-state index contributed by atoms with van der Waals surface area (Å²) in [6.07, 6.45) is -4.14. The smallest absolute Gasteiger partial charge is 0.426 e. The number of carbonyl (C=O) groups excluding carboxylic acids is 1. The van der Waals surface area contributed by atoms with E-state index in [0.29, 0.717) is 23.1 Å². The maximum Gasteiger partial charge on any atom is 0.426 e. The predicted octanol–water partition coefficient (Wildman–Crippen LogP) is 5.16. The largest absolute Gasteiger partial charge is 0.549 e. The average molecular weight is 449 g/mol. The zero-order valence-electron chi connectivity index (χ0n) is 16.6. The molecular weight excluding hydrogens is 431 g/mol. The fourth-order valence-electron chi connectivity index (χ4n) is 4.30. The van der Waals surface area contributed by atoms with Crippen LogP contribution in [0.15, 0.2) is 65.7 Å². The SMILES string of the molecule is CC1(C)C(C=C(Cl)C(F)(F)F)[C@]1(C(=O)[O-])C(C#N)c1cccc(Oc2ccccc2)c1. The summed E-state index contributed by atoms with van der Waals surface area (Å²) in [6.45, 7) is 2.97. The summed E-state index contributed by atoms with van der Waals surface area (Å²) in [5.41, 5.74) is -2.79. The van der Waals surface area contributed by atoms with E-state index in [4.69, 9.17) is 16.3 Å². The third-order valence-corrected chi connectivity index (χ3v) is 6.27. The number of carbonyl (C=O) groups is 1. The Morgan fingerprint density at radius 1 is 1.19 bits per heavy atom. The first-order chi connectivity index (χ1) is 14.5. The van der Waals surface area contributed by atoms with Gasteiger partial charge in [-0.15, -0.1) is 0 Å². The van der Waals surface area contributed by atoms with E-state index in [1.807, 2.05) is 12.1 Å². The highest BCUT2D eigenvalue weighted by Crippen LogP contribution is 2.75. The van der Waals surface area contributed by atoms with Crippen LogP contribution in [0.2, 0.25) is 0 Å². The van der Waals surface area contributed by atoms with Crippen molar-refractivity contribution < 1.29 is 27.8 Å². The van der Waals surface area contributed by atoms with Gasteiger partial charge in [0.25, 0.3) is 0 Å². The molecule has 3 atom stereocenters. The predicted molar refractivity (Wildman–Crippen MR) is 106 cm³/mol. The summed E-state index contributed by atoms with van der Waals surface area (Å²) < 4.78 is 44.6. The lowest BCUT2D eigenvalue weighted by Crippen LogP contribution is -2.40. The molecule has 0 saturated heterocycles. The summed E-state index contributed by atoms with van der Waals surface area (Å²) in [6, 6.07) is 17.0. The number of allylic oxidation sites excluding steroid dienone is 2. The van der Waals surface area contributed by atoms with Crippen LogP contribution in [0.1, 0.15) is 25.3 Å². The Hall–Kier alpha value is -2.98. The average Bonchev–Trinajstić information content (AvgIpc) is 3.18. The Labute approximate surface area is 182 Å². The number of nitriles is 1. The number of ether oxygens (including phenoxy) is 1. The van der Waals surface area contributed by atoms with E-state index in [-0.39, 0.29) is 0 Å². The minimum atomic E-state index is -4.82. The lowest BCUT2D eigenvalue weighted by atomic mass is 9.78. The normalized spacial score (nSPS) is 23.5. The van der Waals surface area contributed by atoms with E-state index in [9.17, 15) is 28.3 Å². The maximum absolute atomic E-state index is 13.0. The Morgan fingerprint density at radius 3 is 2.35 bits per heavy atom. The summed E-state index contributed by atoms with van der Waals surface area (Å²) >= 11 is 5.38. The molecule has 4 nitrogen and oxygen atoms in total. The molecule has 1 fully saturated rings. The van der Waals surface area contributed by atoms with Gasteiger partial charge in [0, 0.05) is 5.41 Å². The highest BCUT2D eigenvalue weighted by Gasteiger charge is 2.75. The van der Waals surface area contributed by atoms with Gasteiger partial charge in [-0.3, -0.25) is 0 Å². The molecule has 0 N–H and O–H groups in total. The lowest BCUT2D eigenvalue weighted by molar-refractivity contribution is -0.316. The molecule has 0 bridgehead atoms. The van der Waals surface area contributed by atoms with Crippen LogP contribution in [0, 0.1) is 28.1 Å². The molecule has 1 aliphatic carbocycles. The van der Waals surface area contributed by atoms with Crippen LogP contribution in [0.4, 0.5) is 13.2 Å². The standard InChI is InChI=1S/C23H19ClF3NO3/c1-21(2)18(12-19(24)23(25,26)27)22(21,20(29)30)17(13-28)14-7-6-10-16(11-14)31-15-8-4-3-5-9-15/h3-12,17-18H,1-2H3,(H,29,30)/p-1/t17?,18?,22-/m0/s1. The Bertz CT molecular complexity index is 1060. The molecular formula is C23H18ClF3NO3-. The second kappa shape index (κ2) is 7.93. The van der Waals surface area contributed by atoms with Crippen molar-refractivity contribution in [3.63, 3.8) is 0 Å². The number of rotatable bonds is 6. The van der Waals surface area contributed by atoms with E-state index in [0.717, 1.165) is 0 Å². The Balaban J connectivity index is 2.03. The van der Waals surface area contributed by atoms with Gasteiger partial charge in [-0.05, 0) is 41.2 Å². The first-order valence-electron chi connectivity index (χ1n) is 9.34. The van der Waals surface area contributed by atoms with Crippen molar-refractivity contribution in [2.45, 2.75) is 25.9 Å². The molecule has 0 spiro atoms. The molecule has 2 unspecified atom stereocenters. The first kappa shape index (κ1) is 22.7. The topological polar surface area (TPSA) is 73.1 Å². The van der Waals surface area contributed by atoms with Crippen molar-refractivity contribution >= 4 is 17.6 Å². The highest BCUT2D eigenvalue weighted by molar-refractivity contribution is 6.30. The van der Waals surface area contributed by atoms with Crippen molar-refractivity contribution in [1.82, 2.24) is 0 Å². The molecule has 0 aromatic heterocycles. The Kier molecular flexibility index (Phi) is 5.81. The van der Waals surface area contributed by atoms with Crippen LogP contribution < -0.4 is 9.84 Å². The van der Waals surface area contributed by atoms with Crippen molar-refractivity contribution in [2.24, 2.45) is 16.7 Å². The molecule has 1 aliphatic rings. The fourth-order valence-corrected chi connectivity index (χ4v) is 4.43. The number of carboxylic acid groups (broad SMARTS) is 1. The maximum atomic E-state index is 13.0. The summed E-state index contributed by atoms with van der Waals surface area (Å²) in [5.74, 6) is -3.15. The van der Waals surface area contributed by atoms with Gasteiger partial charge in [0.1, 0.15) is 16.5 Å². The van der Waals surface area contributed by atoms with E-state index in [2.05, 4.69) is 0 Å². The molecule has 0 heterocycles. The lowest BCUT2D eigenvalue weighted by Gasteiger charge is -2.27.